The van der Waals surface area contributed by atoms with Crippen LogP contribution in [-0.2, 0) is 0 Å². The first-order valence-electron chi connectivity index (χ1n) is 6.72. The molecule has 0 aliphatic rings. The van der Waals surface area contributed by atoms with Crippen molar-refractivity contribution in [2.45, 2.75) is 26.3 Å². The first-order chi connectivity index (χ1) is 9.97. The first-order valence-corrected chi connectivity index (χ1v) is 6.72. The standard InChI is InChI=1S/C16H18N2O3/c1-4-7-11(3)18-15(20)13(14(19)17-16(18)21)12-9-6-5-8-10(12)2/h4-6,8-9,11,20H,1,7H2,2-3H3,(H,17,19,21). The number of aromatic hydroxyl groups is 1. The Bertz CT molecular complexity index is 787. The van der Waals surface area contributed by atoms with E-state index in [0.717, 1.165) is 5.56 Å². The van der Waals surface area contributed by atoms with Crippen molar-refractivity contribution in [3.8, 4) is 17.0 Å². The second-order valence-corrected chi connectivity index (χ2v) is 5.02. The Balaban J connectivity index is 2.77. The average molecular weight is 286 g/mol. The van der Waals surface area contributed by atoms with E-state index < -0.39 is 11.2 Å². The number of aryl methyl sites for hydroxylation is 1. The molecule has 2 N–H and O–H groups in total. The van der Waals surface area contributed by atoms with Crippen LogP contribution in [0.5, 0.6) is 5.88 Å². The van der Waals surface area contributed by atoms with E-state index in [1.807, 2.05) is 19.1 Å². The summed E-state index contributed by atoms with van der Waals surface area (Å²) in [6.07, 6.45) is 2.17. The molecule has 1 aromatic heterocycles. The van der Waals surface area contributed by atoms with Gasteiger partial charge in [-0.2, -0.15) is 0 Å². The van der Waals surface area contributed by atoms with Crippen molar-refractivity contribution in [2.75, 3.05) is 0 Å². The molecule has 2 rings (SSSR count). The van der Waals surface area contributed by atoms with Crippen LogP contribution in [0.3, 0.4) is 0 Å². The molecule has 0 aliphatic carbocycles. The highest BCUT2D eigenvalue weighted by Gasteiger charge is 2.19. The van der Waals surface area contributed by atoms with Gasteiger partial charge in [0.15, 0.2) is 0 Å². The maximum absolute atomic E-state index is 12.1. The molecule has 2 aromatic rings. The molecule has 0 saturated carbocycles. The topological polar surface area (TPSA) is 75.1 Å². The molecule has 1 atom stereocenters. The normalized spacial score (nSPS) is 12.1. The van der Waals surface area contributed by atoms with Crippen LogP contribution in [0.25, 0.3) is 11.1 Å². The molecule has 21 heavy (non-hydrogen) atoms. The third-order valence-corrected chi connectivity index (χ3v) is 3.48. The summed E-state index contributed by atoms with van der Waals surface area (Å²) in [5, 5.41) is 10.4. The number of aromatic amines is 1. The zero-order valence-electron chi connectivity index (χ0n) is 12.1. The Labute approximate surface area is 122 Å². The fourth-order valence-corrected chi connectivity index (χ4v) is 2.39. The number of allylic oxidation sites excluding steroid dienone is 1. The van der Waals surface area contributed by atoms with Gasteiger partial charge in [-0.3, -0.25) is 14.3 Å². The number of hydrogen-bond donors (Lipinski definition) is 2. The van der Waals surface area contributed by atoms with Gasteiger partial charge in [-0.1, -0.05) is 30.3 Å². The molecular weight excluding hydrogens is 268 g/mol. The van der Waals surface area contributed by atoms with E-state index in [9.17, 15) is 14.7 Å². The van der Waals surface area contributed by atoms with E-state index in [4.69, 9.17) is 0 Å². The van der Waals surface area contributed by atoms with Gasteiger partial charge in [0, 0.05) is 6.04 Å². The fraction of sp³-hybridized carbons (Fsp3) is 0.250. The van der Waals surface area contributed by atoms with Gasteiger partial charge in [0.2, 0.25) is 5.88 Å². The number of rotatable bonds is 4. The van der Waals surface area contributed by atoms with Crippen molar-refractivity contribution >= 4 is 0 Å². The smallest absolute Gasteiger partial charge is 0.331 e. The van der Waals surface area contributed by atoms with Crippen molar-refractivity contribution in [3.05, 3.63) is 63.3 Å². The van der Waals surface area contributed by atoms with Crippen molar-refractivity contribution in [2.24, 2.45) is 0 Å². The van der Waals surface area contributed by atoms with E-state index in [-0.39, 0.29) is 17.5 Å². The number of aromatic nitrogens is 2. The minimum atomic E-state index is -0.621. The number of nitrogens with zero attached hydrogens (tertiary/aromatic N) is 1. The van der Waals surface area contributed by atoms with Gasteiger partial charge < -0.3 is 5.11 Å². The van der Waals surface area contributed by atoms with Crippen LogP contribution >= 0.6 is 0 Å². The summed E-state index contributed by atoms with van der Waals surface area (Å²) in [5.41, 5.74) is 0.359. The summed E-state index contributed by atoms with van der Waals surface area (Å²) in [6.45, 7) is 7.25. The molecule has 0 saturated heterocycles. The molecule has 1 aromatic carbocycles. The van der Waals surface area contributed by atoms with Crippen LogP contribution in [0.4, 0.5) is 0 Å². The molecule has 5 nitrogen and oxygen atoms in total. The molecule has 0 radical (unpaired) electrons. The Morgan fingerprint density at radius 2 is 2.05 bits per heavy atom. The lowest BCUT2D eigenvalue weighted by Gasteiger charge is -2.17. The Morgan fingerprint density at radius 3 is 2.67 bits per heavy atom. The minimum absolute atomic E-state index is 0.114. The summed E-state index contributed by atoms with van der Waals surface area (Å²) in [5.74, 6) is -0.313. The SMILES string of the molecule is C=CCC(C)n1c(O)c(-c2ccccc2C)c(=O)[nH]c1=O. The molecule has 0 spiro atoms. The van der Waals surface area contributed by atoms with Crippen LogP contribution in [0.15, 0.2) is 46.5 Å². The fourth-order valence-electron chi connectivity index (χ4n) is 2.39. The lowest BCUT2D eigenvalue weighted by Crippen LogP contribution is -2.32. The third kappa shape index (κ3) is 2.67. The molecule has 0 bridgehead atoms. The van der Waals surface area contributed by atoms with Gasteiger partial charge in [0.1, 0.15) is 5.56 Å². The highest BCUT2D eigenvalue weighted by Crippen LogP contribution is 2.28. The van der Waals surface area contributed by atoms with E-state index >= 15 is 0 Å². The zero-order valence-corrected chi connectivity index (χ0v) is 12.1. The van der Waals surface area contributed by atoms with Crippen LogP contribution in [0, 0.1) is 6.92 Å². The van der Waals surface area contributed by atoms with Crippen LogP contribution in [-0.4, -0.2) is 14.7 Å². The predicted octanol–water partition coefficient (Wildman–Crippen LogP) is 2.35. The van der Waals surface area contributed by atoms with Gasteiger partial charge in [-0.05, 0) is 31.4 Å². The quantitative estimate of drug-likeness (QED) is 0.847. The number of hydrogen-bond acceptors (Lipinski definition) is 3. The van der Waals surface area contributed by atoms with E-state index in [0.29, 0.717) is 12.0 Å². The second kappa shape index (κ2) is 5.83. The lowest BCUT2D eigenvalue weighted by molar-refractivity contribution is 0.375. The molecule has 1 unspecified atom stereocenters. The minimum Gasteiger partial charge on any atom is -0.494 e. The zero-order chi connectivity index (χ0) is 15.6. The molecular formula is C16H18N2O3. The summed E-state index contributed by atoms with van der Waals surface area (Å²) in [7, 11) is 0. The Kier molecular flexibility index (Phi) is 4.12. The summed E-state index contributed by atoms with van der Waals surface area (Å²) in [6, 6.07) is 6.92. The highest BCUT2D eigenvalue weighted by atomic mass is 16.3. The highest BCUT2D eigenvalue weighted by molar-refractivity contribution is 5.70. The Hall–Kier alpha value is -2.56. The van der Waals surface area contributed by atoms with E-state index in [2.05, 4.69) is 11.6 Å². The van der Waals surface area contributed by atoms with Crippen LogP contribution < -0.4 is 11.2 Å². The van der Waals surface area contributed by atoms with Gasteiger partial charge in [0.05, 0.1) is 0 Å². The van der Waals surface area contributed by atoms with Gasteiger partial charge in [0.25, 0.3) is 5.56 Å². The third-order valence-electron chi connectivity index (χ3n) is 3.48. The van der Waals surface area contributed by atoms with Crippen molar-refractivity contribution in [3.63, 3.8) is 0 Å². The molecule has 110 valence electrons. The van der Waals surface area contributed by atoms with E-state index in [1.165, 1.54) is 4.57 Å². The van der Waals surface area contributed by atoms with Crippen molar-refractivity contribution < 1.29 is 5.11 Å². The predicted molar refractivity (Wildman–Crippen MR) is 82.7 cm³/mol. The molecule has 0 fully saturated rings. The van der Waals surface area contributed by atoms with Crippen LogP contribution in [0.2, 0.25) is 0 Å². The summed E-state index contributed by atoms with van der Waals surface area (Å²) < 4.78 is 1.19. The monoisotopic (exact) mass is 286 g/mol. The molecule has 0 amide bonds. The number of benzene rings is 1. The molecule has 0 aliphatic heterocycles. The van der Waals surface area contributed by atoms with Gasteiger partial charge in [-0.15, -0.1) is 6.58 Å². The van der Waals surface area contributed by atoms with Crippen molar-refractivity contribution in [1.82, 2.24) is 9.55 Å². The number of nitrogens with one attached hydrogen (secondary N) is 1. The van der Waals surface area contributed by atoms with Gasteiger partial charge in [-0.25, -0.2) is 4.79 Å². The van der Waals surface area contributed by atoms with E-state index in [1.54, 1.807) is 25.1 Å². The van der Waals surface area contributed by atoms with Crippen LogP contribution in [0.1, 0.15) is 24.9 Å². The first kappa shape index (κ1) is 14.8. The number of H-pyrrole nitrogens is 1. The second-order valence-electron chi connectivity index (χ2n) is 5.02. The lowest BCUT2D eigenvalue weighted by atomic mass is 10.0. The summed E-state index contributed by atoms with van der Waals surface area (Å²) in [4.78, 5) is 26.3. The van der Waals surface area contributed by atoms with Crippen molar-refractivity contribution in [1.29, 1.82) is 0 Å². The van der Waals surface area contributed by atoms with Gasteiger partial charge >= 0.3 is 5.69 Å². The Morgan fingerprint density at radius 1 is 1.38 bits per heavy atom. The maximum atomic E-state index is 12.1. The molecule has 1 heterocycles. The maximum Gasteiger partial charge on any atom is 0.331 e. The summed E-state index contributed by atoms with van der Waals surface area (Å²) >= 11 is 0. The molecule has 5 heteroatoms. The average Bonchev–Trinajstić information content (AvgIpc) is 2.40. The largest absolute Gasteiger partial charge is 0.494 e.